The smallest absolute Gasteiger partial charge is 0.303 e. The van der Waals surface area contributed by atoms with Crippen molar-refractivity contribution in [3.05, 3.63) is 12.7 Å². The predicted molar refractivity (Wildman–Crippen MR) is 63.8 cm³/mol. The van der Waals surface area contributed by atoms with Crippen molar-refractivity contribution in [3.63, 3.8) is 0 Å². The second-order valence-corrected chi connectivity index (χ2v) is 4.25. The van der Waals surface area contributed by atoms with Crippen molar-refractivity contribution in [2.24, 2.45) is 0 Å². The van der Waals surface area contributed by atoms with Gasteiger partial charge in [0, 0.05) is 12.5 Å². The second kappa shape index (κ2) is 6.73. The summed E-state index contributed by atoms with van der Waals surface area (Å²) in [4.78, 5) is 26.0. The average Bonchev–Trinajstić information content (AvgIpc) is 2.80. The molecule has 0 aliphatic rings. The van der Waals surface area contributed by atoms with E-state index < -0.39 is 12.0 Å². The third-order valence-corrected chi connectivity index (χ3v) is 2.63. The number of carbonyl (C=O) groups excluding carboxylic acids is 1. The molecule has 0 spiro atoms. The Morgan fingerprint density at radius 1 is 1.44 bits per heavy atom. The summed E-state index contributed by atoms with van der Waals surface area (Å²) in [6.07, 6.45) is 4.18. The number of aromatic nitrogens is 3. The fraction of sp³-hybridized carbons (Fsp3) is 0.636. The van der Waals surface area contributed by atoms with Crippen LogP contribution in [0.15, 0.2) is 12.7 Å². The lowest BCUT2D eigenvalue weighted by atomic mass is 10.1. The molecule has 0 aliphatic carbocycles. The molecule has 0 aliphatic heterocycles. The number of amides is 1. The summed E-state index contributed by atoms with van der Waals surface area (Å²) < 4.78 is 1.47. The van der Waals surface area contributed by atoms with Crippen LogP contribution in [0.5, 0.6) is 0 Å². The maximum Gasteiger partial charge on any atom is 0.303 e. The highest BCUT2D eigenvalue weighted by atomic mass is 16.4. The summed E-state index contributed by atoms with van der Waals surface area (Å²) in [5, 5.41) is 15.2. The van der Waals surface area contributed by atoms with Gasteiger partial charge in [0.05, 0.1) is 0 Å². The van der Waals surface area contributed by atoms with Crippen LogP contribution in [0, 0.1) is 0 Å². The van der Waals surface area contributed by atoms with Gasteiger partial charge in [-0.2, -0.15) is 5.10 Å². The summed E-state index contributed by atoms with van der Waals surface area (Å²) in [6, 6.07) is -0.475. The lowest BCUT2D eigenvalue weighted by Gasteiger charge is -2.17. The van der Waals surface area contributed by atoms with Crippen LogP contribution in [0.1, 0.15) is 39.2 Å². The maximum absolute atomic E-state index is 11.8. The number of aliphatic carboxylic acids is 1. The fourth-order valence-electron chi connectivity index (χ4n) is 1.53. The van der Waals surface area contributed by atoms with Crippen LogP contribution in [0.4, 0.5) is 0 Å². The van der Waals surface area contributed by atoms with Crippen molar-refractivity contribution in [2.75, 3.05) is 0 Å². The van der Waals surface area contributed by atoms with Crippen molar-refractivity contribution in [1.29, 1.82) is 0 Å². The van der Waals surface area contributed by atoms with Crippen LogP contribution in [-0.2, 0) is 9.59 Å². The molecule has 0 bridgehead atoms. The summed E-state index contributed by atoms with van der Waals surface area (Å²) >= 11 is 0. The van der Waals surface area contributed by atoms with Crippen LogP contribution in [0.25, 0.3) is 0 Å². The first-order chi connectivity index (χ1) is 8.50. The van der Waals surface area contributed by atoms with E-state index in [9.17, 15) is 9.59 Å². The molecule has 1 aromatic heterocycles. The van der Waals surface area contributed by atoms with E-state index in [1.54, 1.807) is 6.92 Å². The molecular weight excluding hydrogens is 236 g/mol. The van der Waals surface area contributed by atoms with Gasteiger partial charge in [0.25, 0.3) is 0 Å². The summed E-state index contributed by atoms with van der Waals surface area (Å²) in [6.45, 7) is 3.59. The summed E-state index contributed by atoms with van der Waals surface area (Å²) in [5.41, 5.74) is 0. The first-order valence-corrected chi connectivity index (χ1v) is 5.87. The number of carboxylic acid groups (broad SMARTS) is 1. The fourth-order valence-corrected chi connectivity index (χ4v) is 1.53. The Kier molecular flexibility index (Phi) is 5.29. The predicted octanol–water partition coefficient (Wildman–Crippen LogP) is 0.599. The first kappa shape index (κ1) is 14.1. The molecule has 0 aromatic carbocycles. The molecule has 2 unspecified atom stereocenters. The Hall–Kier alpha value is -1.92. The van der Waals surface area contributed by atoms with E-state index in [4.69, 9.17) is 5.11 Å². The van der Waals surface area contributed by atoms with E-state index in [1.165, 1.54) is 17.3 Å². The van der Waals surface area contributed by atoms with E-state index in [-0.39, 0.29) is 18.4 Å². The molecular formula is C11H18N4O3. The second-order valence-electron chi connectivity index (χ2n) is 4.25. The molecule has 1 rings (SSSR count). The van der Waals surface area contributed by atoms with Crippen LogP contribution < -0.4 is 5.32 Å². The van der Waals surface area contributed by atoms with Crippen molar-refractivity contribution >= 4 is 11.9 Å². The van der Waals surface area contributed by atoms with Gasteiger partial charge < -0.3 is 10.4 Å². The maximum atomic E-state index is 11.8. The SMILES string of the molecule is CC(CCCC(=O)O)NC(=O)C(C)n1cncn1. The van der Waals surface area contributed by atoms with Crippen LogP contribution in [-0.4, -0.2) is 37.8 Å². The lowest BCUT2D eigenvalue weighted by Crippen LogP contribution is -2.37. The molecule has 0 saturated carbocycles. The highest BCUT2D eigenvalue weighted by molar-refractivity contribution is 5.79. The molecule has 2 atom stereocenters. The zero-order valence-corrected chi connectivity index (χ0v) is 10.5. The zero-order chi connectivity index (χ0) is 13.5. The van der Waals surface area contributed by atoms with Crippen molar-refractivity contribution < 1.29 is 14.7 Å². The molecule has 1 amide bonds. The Balaban J connectivity index is 2.33. The van der Waals surface area contributed by atoms with Gasteiger partial charge in [-0.3, -0.25) is 9.59 Å². The number of carboxylic acids is 1. The Morgan fingerprint density at radius 3 is 2.72 bits per heavy atom. The van der Waals surface area contributed by atoms with Gasteiger partial charge in [-0.05, 0) is 26.7 Å². The van der Waals surface area contributed by atoms with Crippen molar-refractivity contribution in [3.8, 4) is 0 Å². The minimum atomic E-state index is -0.815. The third-order valence-electron chi connectivity index (χ3n) is 2.63. The van der Waals surface area contributed by atoms with Crippen molar-refractivity contribution in [2.45, 2.75) is 45.2 Å². The van der Waals surface area contributed by atoms with Gasteiger partial charge in [0.1, 0.15) is 18.7 Å². The monoisotopic (exact) mass is 254 g/mol. The molecule has 7 nitrogen and oxygen atoms in total. The molecule has 1 aromatic rings. The Morgan fingerprint density at radius 2 is 2.17 bits per heavy atom. The quantitative estimate of drug-likeness (QED) is 0.742. The summed E-state index contributed by atoms with van der Waals surface area (Å²) in [5.74, 6) is -0.965. The van der Waals surface area contributed by atoms with E-state index >= 15 is 0 Å². The normalized spacial score (nSPS) is 13.9. The van der Waals surface area contributed by atoms with E-state index in [0.717, 1.165) is 0 Å². The van der Waals surface area contributed by atoms with Gasteiger partial charge in [0.2, 0.25) is 5.91 Å². The Bertz CT molecular complexity index is 391. The van der Waals surface area contributed by atoms with Gasteiger partial charge in [-0.15, -0.1) is 0 Å². The molecule has 18 heavy (non-hydrogen) atoms. The van der Waals surface area contributed by atoms with Gasteiger partial charge in [-0.25, -0.2) is 9.67 Å². The molecule has 7 heteroatoms. The number of rotatable bonds is 7. The first-order valence-electron chi connectivity index (χ1n) is 5.87. The highest BCUT2D eigenvalue weighted by Crippen LogP contribution is 2.05. The molecule has 0 radical (unpaired) electrons. The van der Waals surface area contributed by atoms with Crippen molar-refractivity contribution in [1.82, 2.24) is 20.1 Å². The largest absolute Gasteiger partial charge is 0.481 e. The van der Waals surface area contributed by atoms with Crippen LogP contribution in [0.3, 0.4) is 0 Å². The summed E-state index contributed by atoms with van der Waals surface area (Å²) in [7, 11) is 0. The number of nitrogens with zero attached hydrogens (tertiary/aromatic N) is 3. The molecule has 0 saturated heterocycles. The number of carbonyl (C=O) groups is 2. The number of hydrogen-bond donors (Lipinski definition) is 2. The molecule has 100 valence electrons. The van der Waals surface area contributed by atoms with Crippen LogP contribution >= 0.6 is 0 Å². The average molecular weight is 254 g/mol. The standard InChI is InChI=1S/C11H18N4O3/c1-8(4-3-5-10(16)17)14-11(18)9(2)15-7-12-6-13-15/h6-9H,3-5H2,1-2H3,(H,14,18)(H,16,17). The molecule has 1 heterocycles. The Labute approximate surface area is 105 Å². The van der Waals surface area contributed by atoms with Gasteiger partial charge in [0.15, 0.2) is 0 Å². The number of nitrogens with one attached hydrogen (secondary N) is 1. The lowest BCUT2D eigenvalue weighted by molar-refractivity contribution is -0.137. The third kappa shape index (κ3) is 4.52. The van der Waals surface area contributed by atoms with Gasteiger partial charge in [-0.1, -0.05) is 0 Å². The topological polar surface area (TPSA) is 97.1 Å². The van der Waals surface area contributed by atoms with Gasteiger partial charge >= 0.3 is 5.97 Å². The van der Waals surface area contributed by atoms with E-state index in [2.05, 4.69) is 15.4 Å². The van der Waals surface area contributed by atoms with E-state index in [0.29, 0.717) is 12.8 Å². The van der Waals surface area contributed by atoms with Crippen LogP contribution in [0.2, 0.25) is 0 Å². The minimum absolute atomic E-state index is 0.0529. The zero-order valence-electron chi connectivity index (χ0n) is 10.5. The molecule has 2 N–H and O–H groups in total. The molecule has 0 fully saturated rings. The highest BCUT2D eigenvalue weighted by Gasteiger charge is 2.17. The van der Waals surface area contributed by atoms with E-state index in [1.807, 2.05) is 6.92 Å². The minimum Gasteiger partial charge on any atom is -0.481 e. The number of hydrogen-bond acceptors (Lipinski definition) is 4.